The summed E-state index contributed by atoms with van der Waals surface area (Å²) in [4.78, 5) is 0. The van der Waals surface area contributed by atoms with Crippen molar-refractivity contribution in [2.75, 3.05) is 0 Å². The van der Waals surface area contributed by atoms with Gasteiger partial charge in [-0.1, -0.05) is 6.92 Å². The third-order valence-corrected chi connectivity index (χ3v) is 1.09. The van der Waals surface area contributed by atoms with Crippen molar-refractivity contribution in [3.05, 3.63) is 6.92 Å². The molecule has 0 aromatic carbocycles. The van der Waals surface area contributed by atoms with Crippen LogP contribution in [0.4, 0.5) is 13.2 Å². The van der Waals surface area contributed by atoms with Crippen molar-refractivity contribution in [1.29, 1.82) is 0 Å². The number of halogens is 3. The standard InChI is InChI=1S/C5H8F3O/c1-3(4(2)9)5(6,7)8/h3-4,9H,2H2,1H3. The smallest absolute Gasteiger partial charge is 0.392 e. The van der Waals surface area contributed by atoms with Crippen LogP contribution in [0.25, 0.3) is 0 Å². The Balaban J connectivity index is 3.88. The normalized spacial score (nSPS) is 19.3. The number of aliphatic hydroxyl groups is 1. The highest BCUT2D eigenvalue weighted by Gasteiger charge is 2.38. The van der Waals surface area contributed by atoms with Crippen molar-refractivity contribution in [3.8, 4) is 0 Å². The van der Waals surface area contributed by atoms with E-state index in [0.717, 1.165) is 6.92 Å². The molecule has 0 amide bonds. The minimum atomic E-state index is -4.33. The average molecular weight is 141 g/mol. The van der Waals surface area contributed by atoms with Crippen LogP contribution in [-0.2, 0) is 0 Å². The monoisotopic (exact) mass is 141 g/mol. The minimum Gasteiger partial charge on any atom is -0.392 e. The molecule has 1 nitrogen and oxygen atoms in total. The van der Waals surface area contributed by atoms with Gasteiger partial charge in [0.2, 0.25) is 0 Å². The maximum absolute atomic E-state index is 11.5. The van der Waals surface area contributed by atoms with E-state index in [1.54, 1.807) is 0 Å². The van der Waals surface area contributed by atoms with E-state index in [-0.39, 0.29) is 0 Å². The zero-order valence-electron chi connectivity index (χ0n) is 4.94. The molecular weight excluding hydrogens is 133 g/mol. The number of alkyl halides is 3. The van der Waals surface area contributed by atoms with Crippen LogP contribution >= 0.6 is 0 Å². The average Bonchev–Trinajstić information content (AvgIpc) is 1.62. The Morgan fingerprint density at radius 1 is 1.44 bits per heavy atom. The fourth-order valence-electron chi connectivity index (χ4n) is 0.218. The topological polar surface area (TPSA) is 20.2 Å². The number of aliphatic hydroxyl groups excluding tert-OH is 1. The molecule has 0 saturated carbocycles. The molecular formula is C5H8F3O. The predicted octanol–water partition coefficient (Wildman–Crippen LogP) is 1.38. The fourth-order valence-corrected chi connectivity index (χ4v) is 0.218. The fraction of sp³-hybridized carbons (Fsp3) is 0.800. The molecule has 55 valence electrons. The summed E-state index contributed by atoms with van der Waals surface area (Å²) in [6, 6.07) is 0. The summed E-state index contributed by atoms with van der Waals surface area (Å²) in [6.07, 6.45) is -5.90. The van der Waals surface area contributed by atoms with E-state index in [1.165, 1.54) is 0 Å². The lowest BCUT2D eigenvalue weighted by atomic mass is 10.1. The second kappa shape index (κ2) is 2.56. The number of hydrogen-bond donors (Lipinski definition) is 1. The number of rotatable bonds is 1. The van der Waals surface area contributed by atoms with E-state index < -0.39 is 18.2 Å². The van der Waals surface area contributed by atoms with Gasteiger partial charge in [-0.2, -0.15) is 13.2 Å². The molecule has 0 aliphatic rings. The Kier molecular flexibility index (Phi) is 2.49. The molecule has 0 bridgehead atoms. The van der Waals surface area contributed by atoms with E-state index in [1.807, 2.05) is 0 Å². The summed E-state index contributed by atoms with van der Waals surface area (Å²) in [7, 11) is 0. The molecule has 0 aromatic rings. The van der Waals surface area contributed by atoms with E-state index in [0.29, 0.717) is 0 Å². The van der Waals surface area contributed by atoms with Crippen LogP contribution in [0.1, 0.15) is 6.92 Å². The zero-order valence-corrected chi connectivity index (χ0v) is 4.94. The van der Waals surface area contributed by atoms with E-state index in [2.05, 4.69) is 6.92 Å². The van der Waals surface area contributed by atoms with Gasteiger partial charge in [0.1, 0.15) is 0 Å². The van der Waals surface area contributed by atoms with Crippen molar-refractivity contribution in [3.63, 3.8) is 0 Å². The molecule has 0 fully saturated rings. The van der Waals surface area contributed by atoms with Crippen LogP contribution < -0.4 is 0 Å². The van der Waals surface area contributed by atoms with Crippen molar-refractivity contribution < 1.29 is 18.3 Å². The molecule has 9 heavy (non-hydrogen) atoms. The SMILES string of the molecule is [CH2]C(O)C(C)C(F)(F)F. The Hall–Kier alpha value is -0.250. The van der Waals surface area contributed by atoms with E-state index in [9.17, 15) is 13.2 Å². The third kappa shape index (κ3) is 2.70. The lowest BCUT2D eigenvalue weighted by Crippen LogP contribution is -2.29. The van der Waals surface area contributed by atoms with Crippen molar-refractivity contribution in [2.24, 2.45) is 5.92 Å². The Bertz CT molecular complexity index is 86.7. The van der Waals surface area contributed by atoms with Crippen LogP contribution in [0.3, 0.4) is 0 Å². The zero-order chi connectivity index (χ0) is 7.65. The maximum Gasteiger partial charge on any atom is 0.394 e. The summed E-state index contributed by atoms with van der Waals surface area (Å²) in [5.74, 6) is -1.74. The van der Waals surface area contributed by atoms with E-state index >= 15 is 0 Å². The second-order valence-electron chi connectivity index (χ2n) is 1.90. The van der Waals surface area contributed by atoms with Gasteiger partial charge in [0.15, 0.2) is 0 Å². The van der Waals surface area contributed by atoms with Gasteiger partial charge in [-0.25, -0.2) is 0 Å². The molecule has 0 aliphatic heterocycles. The van der Waals surface area contributed by atoms with Gasteiger partial charge in [-0.3, -0.25) is 0 Å². The van der Waals surface area contributed by atoms with Gasteiger partial charge in [0.25, 0.3) is 0 Å². The molecule has 1 N–H and O–H groups in total. The Morgan fingerprint density at radius 2 is 1.78 bits per heavy atom. The first-order valence-corrected chi connectivity index (χ1v) is 2.43. The van der Waals surface area contributed by atoms with E-state index in [4.69, 9.17) is 5.11 Å². The second-order valence-corrected chi connectivity index (χ2v) is 1.90. The molecule has 0 heterocycles. The largest absolute Gasteiger partial charge is 0.394 e. The maximum atomic E-state index is 11.5. The highest BCUT2D eigenvalue weighted by molar-refractivity contribution is 4.72. The molecule has 0 saturated heterocycles. The van der Waals surface area contributed by atoms with Crippen molar-refractivity contribution >= 4 is 0 Å². The van der Waals surface area contributed by atoms with Crippen LogP contribution in [-0.4, -0.2) is 17.4 Å². The molecule has 2 unspecified atom stereocenters. The predicted molar refractivity (Wildman–Crippen MR) is 26.6 cm³/mol. The van der Waals surface area contributed by atoms with Gasteiger partial charge in [0.05, 0.1) is 12.0 Å². The highest BCUT2D eigenvalue weighted by atomic mass is 19.4. The van der Waals surface area contributed by atoms with Gasteiger partial charge in [-0.05, 0) is 6.92 Å². The first-order chi connectivity index (χ1) is 3.85. The molecule has 4 heteroatoms. The van der Waals surface area contributed by atoms with Crippen LogP contribution in [0.5, 0.6) is 0 Å². The van der Waals surface area contributed by atoms with Crippen LogP contribution in [0.2, 0.25) is 0 Å². The summed E-state index contributed by atoms with van der Waals surface area (Å²) in [5, 5.41) is 8.33. The molecule has 1 radical (unpaired) electrons. The lowest BCUT2D eigenvalue weighted by molar-refractivity contribution is -0.188. The molecule has 0 spiro atoms. The van der Waals surface area contributed by atoms with Gasteiger partial charge >= 0.3 is 6.18 Å². The van der Waals surface area contributed by atoms with Gasteiger partial charge < -0.3 is 5.11 Å². The molecule has 0 aliphatic carbocycles. The molecule has 0 rings (SSSR count). The number of hydrogen-bond acceptors (Lipinski definition) is 1. The van der Waals surface area contributed by atoms with Crippen LogP contribution in [0.15, 0.2) is 0 Å². The first-order valence-electron chi connectivity index (χ1n) is 2.43. The summed E-state index contributed by atoms with van der Waals surface area (Å²) in [5.41, 5.74) is 0. The van der Waals surface area contributed by atoms with Crippen molar-refractivity contribution in [2.45, 2.75) is 19.2 Å². The first kappa shape index (κ1) is 8.75. The minimum absolute atomic E-state index is 0.887. The van der Waals surface area contributed by atoms with Crippen molar-refractivity contribution in [1.82, 2.24) is 0 Å². The Labute approximate surface area is 51.5 Å². The van der Waals surface area contributed by atoms with Gasteiger partial charge in [-0.15, -0.1) is 0 Å². The summed E-state index contributed by atoms with van der Waals surface area (Å²) in [6.45, 7) is 3.73. The molecule has 2 atom stereocenters. The quantitative estimate of drug-likeness (QED) is 0.584. The summed E-state index contributed by atoms with van der Waals surface area (Å²) >= 11 is 0. The highest BCUT2D eigenvalue weighted by Crippen LogP contribution is 2.27. The molecule has 0 aromatic heterocycles. The van der Waals surface area contributed by atoms with Crippen LogP contribution in [0, 0.1) is 12.8 Å². The Morgan fingerprint density at radius 3 is 1.78 bits per heavy atom. The van der Waals surface area contributed by atoms with Gasteiger partial charge in [0, 0.05) is 0 Å². The summed E-state index contributed by atoms with van der Waals surface area (Å²) < 4.78 is 34.5. The lowest BCUT2D eigenvalue weighted by Gasteiger charge is -2.17. The third-order valence-electron chi connectivity index (χ3n) is 1.09.